The fraction of sp³-hybridized carbons (Fsp3) is 0.357. The van der Waals surface area contributed by atoms with Crippen molar-refractivity contribution in [3.8, 4) is 11.4 Å². The van der Waals surface area contributed by atoms with E-state index in [0.717, 1.165) is 23.4 Å². The lowest BCUT2D eigenvalue weighted by Gasteiger charge is -2.08. The highest BCUT2D eigenvalue weighted by Crippen LogP contribution is 2.18. The van der Waals surface area contributed by atoms with E-state index in [0.29, 0.717) is 16.2 Å². The zero-order valence-corrected chi connectivity index (χ0v) is 12.8. The van der Waals surface area contributed by atoms with E-state index < -0.39 is 0 Å². The monoisotopic (exact) mass is 321 g/mol. The summed E-state index contributed by atoms with van der Waals surface area (Å²) in [4.78, 5) is 23.4. The van der Waals surface area contributed by atoms with E-state index in [1.807, 2.05) is 19.1 Å². The van der Waals surface area contributed by atoms with Crippen molar-refractivity contribution >= 4 is 15.9 Å². The Hall–Kier alpha value is -1.49. The van der Waals surface area contributed by atoms with Crippen LogP contribution >= 0.6 is 15.9 Å². The Bertz CT molecular complexity index is 632. The first-order chi connectivity index (χ1) is 8.97. The number of aromatic amines is 1. The molecule has 4 nitrogen and oxygen atoms in total. The topological polar surface area (TPSA) is 58.6 Å². The lowest BCUT2D eigenvalue weighted by molar-refractivity contribution is 0.631. The van der Waals surface area contributed by atoms with Gasteiger partial charge in [0.05, 0.1) is 5.69 Å². The molecule has 19 heavy (non-hydrogen) atoms. The molecule has 0 aliphatic heterocycles. The third-order valence-electron chi connectivity index (χ3n) is 2.72. The molecule has 2 aromatic rings. The number of rotatable bonds is 3. The maximum absolute atomic E-state index is 11.9. The number of halogens is 1. The summed E-state index contributed by atoms with van der Waals surface area (Å²) in [5, 5.41) is 0. The van der Waals surface area contributed by atoms with E-state index in [4.69, 9.17) is 0 Å². The first kappa shape index (κ1) is 13.9. The number of H-pyrrole nitrogens is 1. The zero-order chi connectivity index (χ0) is 14.0. The number of hydrogen-bond acceptors (Lipinski definition) is 3. The van der Waals surface area contributed by atoms with Gasteiger partial charge in [0.25, 0.3) is 5.56 Å². The van der Waals surface area contributed by atoms with Crippen molar-refractivity contribution in [3.63, 3.8) is 0 Å². The molecule has 0 aliphatic rings. The lowest BCUT2D eigenvalue weighted by Crippen LogP contribution is -2.15. The predicted molar refractivity (Wildman–Crippen MR) is 79.1 cm³/mol. The summed E-state index contributed by atoms with van der Waals surface area (Å²) in [7, 11) is 0. The summed E-state index contributed by atoms with van der Waals surface area (Å²) < 4.78 is 0.519. The summed E-state index contributed by atoms with van der Waals surface area (Å²) in [5.74, 6) is 1.01. The SMILES string of the molecule is Cc1ccc(-c2nc(CC(C)C)c(Br)c(=O)[nH]2)cn1. The second-order valence-electron chi connectivity index (χ2n) is 4.96. The van der Waals surface area contributed by atoms with E-state index in [9.17, 15) is 4.79 Å². The molecular weight excluding hydrogens is 306 g/mol. The van der Waals surface area contributed by atoms with Gasteiger partial charge >= 0.3 is 0 Å². The van der Waals surface area contributed by atoms with Crippen LogP contribution in [0.15, 0.2) is 27.6 Å². The molecule has 0 fully saturated rings. The standard InChI is InChI=1S/C14H16BrN3O/c1-8(2)6-11-12(15)14(19)18-13(17-11)10-5-4-9(3)16-7-10/h4-5,7-8H,6H2,1-3H3,(H,17,18,19). The highest BCUT2D eigenvalue weighted by Gasteiger charge is 2.11. The average Bonchev–Trinajstić information content (AvgIpc) is 2.35. The Labute approximate surface area is 120 Å². The second-order valence-corrected chi connectivity index (χ2v) is 5.75. The van der Waals surface area contributed by atoms with Crippen LogP contribution in [-0.4, -0.2) is 15.0 Å². The molecule has 0 aromatic carbocycles. The Kier molecular flexibility index (Phi) is 4.14. The van der Waals surface area contributed by atoms with Gasteiger partial charge in [0.1, 0.15) is 10.3 Å². The molecule has 0 amide bonds. The van der Waals surface area contributed by atoms with Gasteiger partial charge in [-0.2, -0.15) is 0 Å². The van der Waals surface area contributed by atoms with Gasteiger partial charge in [-0.3, -0.25) is 9.78 Å². The van der Waals surface area contributed by atoms with Crippen molar-refractivity contribution in [1.29, 1.82) is 0 Å². The summed E-state index contributed by atoms with van der Waals surface area (Å²) >= 11 is 3.31. The molecule has 2 heterocycles. The van der Waals surface area contributed by atoms with E-state index >= 15 is 0 Å². The number of pyridine rings is 1. The Morgan fingerprint density at radius 2 is 2.11 bits per heavy atom. The lowest BCUT2D eigenvalue weighted by atomic mass is 10.1. The fourth-order valence-corrected chi connectivity index (χ4v) is 2.12. The molecular formula is C14H16BrN3O. The molecule has 0 spiro atoms. The number of hydrogen-bond donors (Lipinski definition) is 1. The fourth-order valence-electron chi connectivity index (χ4n) is 1.77. The summed E-state index contributed by atoms with van der Waals surface area (Å²) in [6.45, 7) is 6.12. The molecule has 0 radical (unpaired) electrons. The summed E-state index contributed by atoms with van der Waals surface area (Å²) in [6, 6.07) is 3.81. The predicted octanol–water partition coefficient (Wildman–Crippen LogP) is 3.10. The van der Waals surface area contributed by atoms with Crippen molar-refractivity contribution in [3.05, 3.63) is 44.5 Å². The number of aromatic nitrogens is 3. The molecule has 100 valence electrons. The zero-order valence-electron chi connectivity index (χ0n) is 11.2. The van der Waals surface area contributed by atoms with Crippen molar-refractivity contribution in [2.45, 2.75) is 27.2 Å². The Balaban J connectivity index is 2.50. The van der Waals surface area contributed by atoms with Crippen molar-refractivity contribution in [1.82, 2.24) is 15.0 Å². The molecule has 5 heteroatoms. The maximum atomic E-state index is 11.9. The Morgan fingerprint density at radius 3 is 2.68 bits per heavy atom. The largest absolute Gasteiger partial charge is 0.305 e. The van der Waals surface area contributed by atoms with Gasteiger partial charge in [-0.05, 0) is 47.3 Å². The van der Waals surface area contributed by atoms with Gasteiger partial charge in [0.15, 0.2) is 0 Å². The molecule has 2 rings (SSSR count). The third-order valence-corrected chi connectivity index (χ3v) is 3.54. The first-order valence-electron chi connectivity index (χ1n) is 6.19. The van der Waals surface area contributed by atoms with Gasteiger partial charge < -0.3 is 4.98 Å². The van der Waals surface area contributed by atoms with Crippen LogP contribution < -0.4 is 5.56 Å². The number of nitrogens with one attached hydrogen (secondary N) is 1. The molecule has 1 N–H and O–H groups in total. The van der Waals surface area contributed by atoms with Gasteiger partial charge in [0, 0.05) is 17.5 Å². The molecule has 0 aliphatic carbocycles. The van der Waals surface area contributed by atoms with Crippen molar-refractivity contribution in [2.24, 2.45) is 5.92 Å². The van der Waals surface area contributed by atoms with E-state index in [2.05, 4.69) is 44.7 Å². The molecule has 0 saturated carbocycles. The second kappa shape index (κ2) is 5.65. The van der Waals surface area contributed by atoms with Gasteiger partial charge in [0.2, 0.25) is 0 Å². The van der Waals surface area contributed by atoms with E-state index in [-0.39, 0.29) is 5.56 Å². The molecule has 0 saturated heterocycles. The summed E-state index contributed by atoms with van der Waals surface area (Å²) in [6.07, 6.45) is 2.48. The van der Waals surface area contributed by atoms with Crippen LogP contribution in [-0.2, 0) is 6.42 Å². The normalized spacial score (nSPS) is 11.0. The van der Waals surface area contributed by atoms with Crippen molar-refractivity contribution < 1.29 is 0 Å². The van der Waals surface area contributed by atoms with Crippen molar-refractivity contribution in [2.75, 3.05) is 0 Å². The van der Waals surface area contributed by atoms with Gasteiger partial charge in [-0.25, -0.2) is 4.98 Å². The molecule has 2 aromatic heterocycles. The summed E-state index contributed by atoms with van der Waals surface area (Å²) in [5.41, 5.74) is 2.39. The minimum absolute atomic E-state index is 0.152. The van der Waals surface area contributed by atoms with Crippen LogP contribution in [0.4, 0.5) is 0 Å². The van der Waals surface area contributed by atoms with E-state index in [1.165, 1.54) is 0 Å². The highest BCUT2D eigenvalue weighted by molar-refractivity contribution is 9.10. The Morgan fingerprint density at radius 1 is 1.37 bits per heavy atom. The minimum Gasteiger partial charge on any atom is -0.305 e. The average molecular weight is 322 g/mol. The molecule has 0 bridgehead atoms. The van der Waals surface area contributed by atoms with Crippen LogP contribution in [0.5, 0.6) is 0 Å². The number of nitrogens with zero attached hydrogens (tertiary/aromatic N) is 2. The van der Waals surface area contributed by atoms with Crippen LogP contribution in [0.2, 0.25) is 0 Å². The maximum Gasteiger partial charge on any atom is 0.265 e. The van der Waals surface area contributed by atoms with Gasteiger partial charge in [-0.15, -0.1) is 0 Å². The first-order valence-corrected chi connectivity index (χ1v) is 6.98. The molecule has 0 atom stereocenters. The van der Waals surface area contributed by atoms with Crippen LogP contribution in [0.1, 0.15) is 25.2 Å². The third kappa shape index (κ3) is 3.29. The number of aryl methyl sites for hydroxylation is 1. The van der Waals surface area contributed by atoms with Crippen LogP contribution in [0, 0.1) is 12.8 Å². The van der Waals surface area contributed by atoms with Crippen LogP contribution in [0.3, 0.4) is 0 Å². The minimum atomic E-state index is -0.152. The molecule has 0 unspecified atom stereocenters. The highest BCUT2D eigenvalue weighted by atomic mass is 79.9. The van der Waals surface area contributed by atoms with Gasteiger partial charge in [-0.1, -0.05) is 13.8 Å². The quantitative estimate of drug-likeness (QED) is 0.945. The van der Waals surface area contributed by atoms with Crippen LogP contribution in [0.25, 0.3) is 11.4 Å². The smallest absolute Gasteiger partial charge is 0.265 e. The van der Waals surface area contributed by atoms with E-state index in [1.54, 1.807) is 6.20 Å².